The lowest BCUT2D eigenvalue weighted by atomic mass is 10.0. The summed E-state index contributed by atoms with van der Waals surface area (Å²) in [6.07, 6.45) is 5.46. The van der Waals surface area contributed by atoms with Gasteiger partial charge in [-0.25, -0.2) is 8.42 Å². The summed E-state index contributed by atoms with van der Waals surface area (Å²) in [5, 5.41) is 1.97. The largest absolute Gasteiger partial charge is 0.341 e. The van der Waals surface area contributed by atoms with Gasteiger partial charge in [0.2, 0.25) is 5.91 Å². The topological polar surface area (TPSA) is 66.5 Å². The van der Waals surface area contributed by atoms with Crippen LogP contribution in [-0.4, -0.2) is 56.4 Å². The molecule has 0 aromatic carbocycles. The molecule has 1 amide bonds. The number of carbonyl (C=O) groups is 1. The minimum absolute atomic E-state index is 0.163. The van der Waals surface area contributed by atoms with Gasteiger partial charge in [-0.2, -0.15) is 0 Å². The van der Waals surface area contributed by atoms with E-state index < -0.39 is 15.1 Å². The van der Waals surface area contributed by atoms with Gasteiger partial charge in [0.25, 0.3) is 0 Å². The van der Waals surface area contributed by atoms with E-state index in [-0.39, 0.29) is 17.1 Å². The van der Waals surface area contributed by atoms with Crippen LogP contribution in [0.25, 0.3) is 0 Å². The Bertz CT molecular complexity index is 498. The van der Waals surface area contributed by atoms with Crippen LogP contribution in [0.4, 0.5) is 0 Å². The minimum atomic E-state index is -3.40. The van der Waals surface area contributed by atoms with E-state index in [4.69, 9.17) is 0 Å². The zero-order valence-electron chi connectivity index (χ0n) is 14.8. The first-order valence-corrected chi connectivity index (χ1v) is 10.6. The molecule has 1 N–H and O–H groups in total. The Morgan fingerprint density at radius 2 is 1.83 bits per heavy atom. The summed E-state index contributed by atoms with van der Waals surface area (Å²) in [4.78, 5) is 14.7. The van der Waals surface area contributed by atoms with Crippen molar-refractivity contribution in [2.45, 2.75) is 62.9 Å². The second kappa shape index (κ2) is 7.97. The Hall–Kier alpha value is -0.620. The lowest BCUT2D eigenvalue weighted by molar-refractivity contribution is -0.130. The highest BCUT2D eigenvalue weighted by atomic mass is 32.2. The predicted octanol–water partition coefficient (Wildman–Crippen LogP) is 1.83. The normalized spacial score (nSPS) is 25.0. The number of rotatable bonds is 6. The maximum absolute atomic E-state index is 13.1. The summed E-state index contributed by atoms with van der Waals surface area (Å²) >= 11 is 0. The van der Waals surface area contributed by atoms with Crippen molar-refractivity contribution in [2.24, 2.45) is 11.8 Å². The van der Waals surface area contributed by atoms with Crippen LogP contribution in [0.2, 0.25) is 0 Å². The van der Waals surface area contributed by atoms with Crippen molar-refractivity contribution < 1.29 is 13.2 Å². The molecule has 2 fully saturated rings. The molecule has 6 heteroatoms. The van der Waals surface area contributed by atoms with Gasteiger partial charge in [0.05, 0.1) is 5.25 Å². The van der Waals surface area contributed by atoms with Gasteiger partial charge in [-0.1, -0.05) is 33.1 Å². The lowest BCUT2D eigenvalue weighted by Crippen LogP contribution is -2.48. The molecule has 1 saturated heterocycles. The zero-order chi connectivity index (χ0) is 17.0. The Balaban J connectivity index is 2.13. The molecule has 2 unspecified atom stereocenters. The number of carbonyl (C=O) groups excluding carboxylic acids is 1. The smallest absolute Gasteiger partial charge is 0.241 e. The van der Waals surface area contributed by atoms with E-state index in [1.165, 1.54) is 0 Å². The standard InChI is InChI=1S/C17H32N2O3S/c1-13(2)16(23(21,22)15-7-5-4-6-8-15)17(20)19-10-9-14(12-19)11-18-3/h13-16,18H,4-12H2,1-3H3. The number of likely N-dealkylation sites (tertiary alicyclic amines) is 1. The van der Waals surface area contributed by atoms with Crippen molar-refractivity contribution in [1.29, 1.82) is 0 Å². The molecule has 0 aromatic heterocycles. The highest BCUT2D eigenvalue weighted by molar-refractivity contribution is 7.93. The third kappa shape index (κ3) is 4.27. The molecule has 1 saturated carbocycles. The van der Waals surface area contributed by atoms with E-state index in [0.717, 1.165) is 45.1 Å². The Labute approximate surface area is 141 Å². The maximum atomic E-state index is 13.1. The molecule has 0 bridgehead atoms. The van der Waals surface area contributed by atoms with Crippen molar-refractivity contribution in [1.82, 2.24) is 10.2 Å². The van der Waals surface area contributed by atoms with E-state index in [2.05, 4.69) is 5.32 Å². The first-order valence-electron chi connectivity index (χ1n) is 9.04. The summed E-state index contributed by atoms with van der Waals surface area (Å²) in [5.41, 5.74) is 0. The van der Waals surface area contributed by atoms with Crippen LogP contribution in [0.15, 0.2) is 0 Å². The van der Waals surface area contributed by atoms with Gasteiger partial charge in [0, 0.05) is 13.1 Å². The maximum Gasteiger partial charge on any atom is 0.241 e. The first-order chi connectivity index (χ1) is 10.9. The van der Waals surface area contributed by atoms with Gasteiger partial charge >= 0.3 is 0 Å². The molecule has 5 nitrogen and oxygen atoms in total. The van der Waals surface area contributed by atoms with Crippen molar-refractivity contribution in [3.63, 3.8) is 0 Å². The molecular weight excluding hydrogens is 312 g/mol. The van der Waals surface area contributed by atoms with Gasteiger partial charge in [-0.05, 0) is 44.7 Å². The zero-order valence-corrected chi connectivity index (χ0v) is 15.6. The molecular formula is C17H32N2O3S. The average molecular weight is 345 g/mol. The van der Waals surface area contributed by atoms with E-state index in [1.807, 2.05) is 20.9 Å². The summed E-state index contributed by atoms with van der Waals surface area (Å²) in [6, 6.07) is 0. The molecule has 1 aliphatic carbocycles. The minimum Gasteiger partial charge on any atom is -0.341 e. The average Bonchev–Trinajstić information content (AvgIpc) is 2.96. The second-order valence-electron chi connectivity index (χ2n) is 7.51. The molecule has 1 aliphatic heterocycles. The molecule has 2 aliphatic rings. The fourth-order valence-electron chi connectivity index (χ4n) is 4.07. The SMILES string of the molecule is CNCC1CCN(C(=O)C(C(C)C)S(=O)(=O)C2CCCCC2)C1. The highest BCUT2D eigenvalue weighted by Gasteiger charge is 2.43. The molecule has 1 heterocycles. The van der Waals surface area contributed by atoms with E-state index in [0.29, 0.717) is 19.0 Å². The number of amides is 1. The van der Waals surface area contributed by atoms with E-state index in [1.54, 1.807) is 4.90 Å². The fraction of sp³-hybridized carbons (Fsp3) is 0.941. The number of nitrogens with one attached hydrogen (secondary N) is 1. The van der Waals surface area contributed by atoms with Crippen LogP contribution in [0.3, 0.4) is 0 Å². The fourth-order valence-corrected chi connectivity index (χ4v) is 6.67. The Morgan fingerprint density at radius 3 is 2.39 bits per heavy atom. The molecule has 0 spiro atoms. The third-order valence-electron chi connectivity index (χ3n) is 5.31. The molecule has 2 atom stereocenters. The predicted molar refractivity (Wildman–Crippen MR) is 93.0 cm³/mol. The van der Waals surface area contributed by atoms with Crippen LogP contribution in [-0.2, 0) is 14.6 Å². The van der Waals surface area contributed by atoms with Crippen LogP contribution < -0.4 is 5.32 Å². The number of hydrogen-bond donors (Lipinski definition) is 1. The van der Waals surface area contributed by atoms with Gasteiger partial charge in [-0.3, -0.25) is 4.79 Å². The van der Waals surface area contributed by atoms with Gasteiger partial charge in [0.15, 0.2) is 9.84 Å². The molecule has 0 radical (unpaired) electrons. The van der Waals surface area contributed by atoms with Gasteiger partial charge in [-0.15, -0.1) is 0 Å². The van der Waals surface area contributed by atoms with E-state index in [9.17, 15) is 13.2 Å². The molecule has 0 aromatic rings. The molecule has 134 valence electrons. The number of hydrogen-bond acceptors (Lipinski definition) is 4. The quantitative estimate of drug-likeness (QED) is 0.798. The molecule has 23 heavy (non-hydrogen) atoms. The van der Waals surface area contributed by atoms with Gasteiger partial charge in [0.1, 0.15) is 5.25 Å². The van der Waals surface area contributed by atoms with Crippen molar-refractivity contribution in [3.8, 4) is 0 Å². The Kier molecular flexibility index (Phi) is 6.48. The summed E-state index contributed by atoms with van der Waals surface area (Å²) < 4.78 is 26.1. The van der Waals surface area contributed by atoms with E-state index >= 15 is 0 Å². The lowest BCUT2D eigenvalue weighted by Gasteiger charge is -2.31. The van der Waals surface area contributed by atoms with Crippen molar-refractivity contribution in [2.75, 3.05) is 26.7 Å². The number of nitrogens with zero attached hydrogens (tertiary/aromatic N) is 1. The van der Waals surface area contributed by atoms with Crippen LogP contribution in [0, 0.1) is 11.8 Å². The third-order valence-corrected chi connectivity index (χ3v) is 8.16. The summed E-state index contributed by atoms with van der Waals surface area (Å²) in [5.74, 6) is 0.108. The Morgan fingerprint density at radius 1 is 1.17 bits per heavy atom. The highest BCUT2D eigenvalue weighted by Crippen LogP contribution is 2.30. The van der Waals surface area contributed by atoms with Crippen LogP contribution in [0.1, 0.15) is 52.4 Å². The van der Waals surface area contributed by atoms with Crippen molar-refractivity contribution in [3.05, 3.63) is 0 Å². The molecule has 2 rings (SSSR count). The monoisotopic (exact) mass is 344 g/mol. The van der Waals surface area contributed by atoms with Crippen molar-refractivity contribution >= 4 is 15.7 Å². The number of sulfone groups is 1. The first kappa shape index (κ1) is 18.7. The van der Waals surface area contributed by atoms with Crippen LogP contribution >= 0.6 is 0 Å². The van der Waals surface area contributed by atoms with Gasteiger partial charge < -0.3 is 10.2 Å². The van der Waals surface area contributed by atoms with Crippen LogP contribution in [0.5, 0.6) is 0 Å². The summed E-state index contributed by atoms with van der Waals surface area (Å²) in [7, 11) is -1.48. The second-order valence-corrected chi connectivity index (χ2v) is 9.86. The summed E-state index contributed by atoms with van der Waals surface area (Å²) in [6.45, 7) is 5.98.